The van der Waals surface area contributed by atoms with Gasteiger partial charge in [-0.2, -0.15) is 21.6 Å². The lowest BCUT2D eigenvalue weighted by Crippen LogP contribution is -2.44. The minimum Gasteiger partial charge on any atom is -0.266 e. The second-order valence-electron chi connectivity index (χ2n) is 5.23. The lowest BCUT2D eigenvalue weighted by Gasteiger charge is -2.26. The van der Waals surface area contributed by atoms with Crippen molar-refractivity contribution in [3.05, 3.63) is 47.0 Å². The highest BCUT2D eigenvalue weighted by Crippen LogP contribution is 2.34. The number of rotatable bonds is 3. The predicted octanol–water partition coefficient (Wildman–Crippen LogP) is 2.78. The molecule has 132 valence electrons. The molecule has 0 unspecified atom stereocenters. The molecule has 2 aromatic carbocycles. The number of nitrogens with zero attached hydrogens (tertiary/aromatic N) is 1. The summed E-state index contributed by atoms with van der Waals surface area (Å²) in [5.41, 5.74) is -5.16. The van der Waals surface area contributed by atoms with Crippen LogP contribution < -0.4 is 0 Å². The second kappa shape index (κ2) is 5.53. The normalized spacial score (nSPS) is 15.1. The van der Waals surface area contributed by atoms with Crippen LogP contribution in [0.5, 0.6) is 0 Å². The third kappa shape index (κ3) is 2.57. The number of hydroxylamine groups is 2. The maximum Gasteiger partial charge on any atom is 0.525 e. The molecule has 0 N–H and O–H groups in total. The average Bonchev–Trinajstić information content (AvgIpc) is 2.55. The van der Waals surface area contributed by atoms with Crippen molar-refractivity contribution in [3.8, 4) is 0 Å². The standard InChI is InChI=1S/C15H10F3NO5S/c1-2-8-6-7-11-12-9(8)4-3-5-10(12)13(20)19(14(11)21)24-25(22,23)15(16,17)18/h3-7H,2H2,1H3. The average molecular weight is 373 g/mol. The van der Waals surface area contributed by atoms with E-state index in [1.54, 1.807) is 12.1 Å². The molecule has 1 aliphatic rings. The first-order chi connectivity index (χ1) is 11.6. The van der Waals surface area contributed by atoms with Crippen molar-refractivity contribution in [1.82, 2.24) is 5.06 Å². The number of hydrogen-bond donors (Lipinski definition) is 0. The lowest BCUT2D eigenvalue weighted by atomic mass is 9.91. The van der Waals surface area contributed by atoms with Crippen LogP contribution in [0.3, 0.4) is 0 Å². The SMILES string of the molecule is CCc1ccc2c3c(cccc13)C(=O)N(OS(=O)(=O)C(F)(F)F)C2=O. The first-order valence-electron chi connectivity index (χ1n) is 7.02. The monoisotopic (exact) mass is 373 g/mol. The Labute approximate surface area is 139 Å². The van der Waals surface area contributed by atoms with Gasteiger partial charge in [-0.25, -0.2) is 0 Å². The van der Waals surface area contributed by atoms with Gasteiger partial charge in [-0.15, -0.1) is 9.35 Å². The molecule has 0 spiro atoms. The maximum atomic E-state index is 12.5. The summed E-state index contributed by atoms with van der Waals surface area (Å²) in [6.45, 7) is 1.86. The molecule has 2 aromatic rings. The summed E-state index contributed by atoms with van der Waals surface area (Å²) in [4.78, 5) is 24.7. The van der Waals surface area contributed by atoms with Crippen LogP contribution in [0, 0.1) is 0 Å². The zero-order valence-electron chi connectivity index (χ0n) is 12.6. The highest BCUT2D eigenvalue weighted by Gasteiger charge is 2.51. The first kappa shape index (κ1) is 17.4. The van der Waals surface area contributed by atoms with Crippen LogP contribution in [0.1, 0.15) is 33.2 Å². The summed E-state index contributed by atoms with van der Waals surface area (Å²) in [7, 11) is -6.16. The first-order valence-corrected chi connectivity index (χ1v) is 8.43. The van der Waals surface area contributed by atoms with E-state index < -0.39 is 27.4 Å². The van der Waals surface area contributed by atoms with Gasteiger partial charge >= 0.3 is 15.6 Å². The Morgan fingerprint density at radius 1 is 1.04 bits per heavy atom. The molecule has 0 bridgehead atoms. The van der Waals surface area contributed by atoms with Gasteiger partial charge < -0.3 is 0 Å². The maximum absolute atomic E-state index is 12.5. The van der Waals surface area contributed by atoms with Crippen LogP contribution >= 0.6 is 0 Å². The lowest BCUT2D eigenvalue weighted by molar-refractivity contribution is -0.0761. The summed E-state index contributed by atoms with van der Waals surface area (Å²) in [6.07, 6.45) is 0.602. The van der Waals surface area contributed by atoms with E-state index >= 15 is 0 Å². The molecule has 25 heavy (non-hydrogen) atoms. The van der Waals surface area contributed by atoms with E-state index in [-0.39, 0.29) is 21.6 Å². The number of aryl methyl sites for hydroxylation is 1. The molecule has 0 radical (unpaired) electrons. The number of carbonyl (C=O) groups is 2. The molecule has 6 nitrogen and oxygen atoms in total. The summed E-state index contributed by atoms with van der Waals surface area (Å²) in [5, 5.41) is 0.490. The van der Waals surface area contributed by atoms with Crippen molar-refractivity contribution in [3.63, 3.8) is 0 Å². The molecule has 0 fully saturated rings. The predicted molar refractivity (Wildman–Crippen MR) is 79.9 cm³/mol. The quantitative estimate of drug-likeness (QED) is 0.611. The van der Waals surface area contributed by atoms with Gasteiger partial charge in [-0.05, 0) is 29.5 Å². The molecular formula is C15H10F3NO5S. The molecule has 0 saturated heterocycles. The van der Waals surface area contributed by atoms with Gasteiger partial charge in [0.1, 0.15) is 0 Å². The molecular weight excluding hydrogens is 363 g/mol. The van der Waals surface area contributed by atoms with E-state index in [4.69, 9.17) is 0 Å². The van der Waals surface area contributed by atoms with E-state index in [9.17, 15) is 31.2 Å². The van der Waals surface area contributed by atoms with Gasteiger partial charge in [0.15, 0.2) is 0 Å². The fraction of sp³-hybridized carbons (Fsp3) is 0.200. The summed E-state index contributed by atoms with van der Waals surface area (Å²) in [5.74, 6) is -2.55. The van der Waals surface area contributed by atoms with Crippen molar-refractivity contribution < 1.29 is 35.5 Å². The van der Waals surface area contributed by atoms with Gasteiger partial charge in [0.25, 0.3) is 11.8 Å². The Morgan fingerprint density at radius 2 is 1.64 bits per heavy atom. The smallest absolute Gasteiger partial charge is 0.266 e. The van der Waals surface area contributed by atoms with Crippen LogP contribution in [0.15, 0.2) is 30.3 Å². The van der Waals surface area contributed by atoms with Crippen molar-refractivity contribution in [2.45, 2.75) is 18.9 Å². The third-order valence-electron chi connectivity index (χ3n) is 3.80. The van der Waals surface area contributed by atoms with Crippen LogP contribution in [-0.4, -0.2) is 30.8 Å². The number of hydrogen-bond acceptors (Lipinski definition) is 5. The fourth-order valence-corrected chi connectivity index (χ4v) is 3.07. The van der Waals surface area contributed by atoms with Gasteiger partial charge in [0.2, 0.25) is 0 Å². The van der Waals surface area contributed by atoms with E-state index in [1.807, 2.05) is 6.92 Å². The van der Waals surface area contributed by atoms with Gasteiger partial charge in [0.05, 0.1) is 11.1 Å². The Kier molecular flexibility index (Phi) is 3.84. The number of benzene rings is 2. The van der Waals surface area contributed by atoms with Gasteiger partial charge in [-0.1, -0.05) is 25.1 Å². The molecule has 1 heterocycles. The molecule has 0 aromatic heterocycles. The third-order valence-corrected chi connectivity index (χ3v) is 4.71. The number of halogens is 3. The van der Waals surface area contributed by atoms with Gasteiger partial charge in [-0.3, -0.25) is 9.59 Å². The molecule has 10 heteroatoms. The summed E-state index contributed by atoms with van der Waals surface area (Å²) in [6, 6.07) is 7.37. The number of amides is 2. The van der Waals surface area contributed by atoms with Crippen LogP contribution in [0.2, 0.25) is 0 Å². The van der Waals surface area contributed by atoms with Crippen LogP contribution in [-0.2, 0) is 20.8 Å². The summed E-state index contributed by atoms with van der Waals surface area (Å²) >= 11 is 0. The number of imide groups is 1. The Balaban J connectivity index is 2.18. The zero-order chi connectivity index (χ0) is 18.6. The Hall–Kier alpha value is -2.46. The van der Waals surface area contributed by atoms with E-state index in [0.717, 1.165) is 5.56 Å². The van der Waals surface area contributed by atoms with Gasteiger partial charge in [0, 0.05) is 5.39 Å². The van der Waals surface area contributed by atoms with Crippen LogP contribution in [0.4, 0.5) is 13.2 Å². The minimum atomic E-state index is -6.16. The van der Waals surface area contributed by atoms with E-state index in [1.165, 1.54) is 18.2 Å². The van der Waals surface area contributed by atoms with Crippen molar-refractivity contribution in [2.24, 2.45) is 0 Å². The van der Waals surface area contributed by atoms with Crippen molar-refractivity contribution in [2.75, 3.05) is 0 Å². The molecule has 0 atom stereocenters. The molecule has 0 saturated carbocycles. The molecule has 2 amide bonds. The Morgan fingerprint density at radius 3 is 2.20 bits per heavy atom. The Bertz CT molecular complexity index is 991. The minimum absolute atomic E-state index is 0.111. The summed E-state index contributed by atoms with van der Waals surface area (Å²) < 4.78 is 63.7. The number of alkyl halides is 3. The largest absolute Gasteiger partial charge is 0.525 e. The van der Waals surface area contributed by atoms with Crippen molar-refractivity contribution >= 4 is 32.7 Å². The highest BCUT2D eigenvalue weighted by molar-refractivity contribution is 7.87. The van der Waals surface area contributed by atoms with Crippen LogP contribution in [0.25, 0.3) is 10.8 Å². The van der Waals surface area contributed by atoms with E-state index in [2.05, 4.69) is 4.28 Å². The highest BCUT2D eigenvalue weighted by atomic mass is 32.2. The van der Waals surface area contributed by atoms with Crippen molar-refractivity contribution in [1.29, 1.82) is 0 Å². The second-order valence-corrected chi connectivity index (χ2v) is 6.75. The topological polar surface area (TPSA) is 80.8 Å². The number of carbonyl (C=O) groups excluding carboxylic acids is 2. The zero-order valence-corrected chi connectivity index (χ0v) is 13.4. The fourth-order valence-electron chi connectivity index (χ4n) is 2.65. The van der Waals surface area contributed by atoms with E-state index in [0.29, 0.717) is 11.8 Å². The molecule has 0 aliphatic carbocycles. The molecule has 3 rings (SSSR count). The molecule has 1 aliphatic heterocycles.